The SMILES string of the molecule is Cn1cc(Nc2ncc3cnn(Cc4cccc(-c5ccnc(N)c5)c4)c3n2)cn1. The molecule has 9 heteroatoms. The van der Waals surface area contributed by atoms with Crippen LogP contribution in [0.3, 0.4) is 0 Å². The van der Waals surface area contributed by atoms with Gasteiger partial charge in [-0.15, -0.1) is 0 Å². The Balaban J connectivity index is 1.44. The molecule has 0 aliphatic carbocycles. The van der Waals surface area contributed by atoms with Gasteiger partial charge in [0.1, 0.15) is 5.82 Å². The van der Waals surface area contributed by atoms with Gasteiger partial charge in [0.15, 0.2) is 5.65 Å². The minimum atomic E-state index is 0.498. The highest BCUT2D eigenvalue weighted by Crippen LogP contribution is 2.23. The number of benzene rings is 1. The monoisotopic (exact) mass is 397 g/mol. The Hall–Kier alpha value is -4.27. The molecule has 148 valence electrons. The van der Waals surface area contributed by atoms with Crippen molar-refractivity contribution in [2.24, 2.45) is 7.05 Å². The summed E-state index contributed by atoms with van der Waals surface area (Å²) in [7, 11) is 1.86. The summed E-state index contributed by atoms with van der Waals surface area (Å²) in [5.74, 6) is 1.000. The summed E-state index contributed by atoms with van der Waals surface area (Å²) in [5, 5.41) is 12.7. The van der Waals surface area contributed by atoms with E-state index in [9.17, 15) is 0 Å². The second-order valence-corrected chi connectivity index (χ2v) is 6.97. The number of nitrogens with one attached hydrogen (secondary N) is 1. The Morgan fingerprint density at radius 1 is 1.00 bits per heavy atom. The molecule has 0 atom stereocenters. The molecule has 0 saturated carbocycles. The smallest absolute Gasteiger partial charge is 0.229 e. The van der Waals surface area contributed by atoms with Crippen molar-refractivity contribution in [1.82, 2.24) is 34.5 Å². The largest absolute Gasteiger partial charge is 0.384 e. The zero-order chi connectivity index (χ0) is 20.5. The third kappa shape index (κ3) is 3.55. The second-order valence-electron chi connectivity index (χ2n) is 6.97. The van der Waals surface area contributed by atoms with Crippen molar-refractivity contribution in [3.63, 3.8) is 0 Å². The van der Waals surface area contributed by atoms with Crippen LogP contribution in [0.25, 0.3) is 22.2 Å². The number of nitrogens with zero attached hydrogens (tertiary/aromatic N) is 7. The van der Waals surface area contributed by atoms with Crippen molar-refractivity contribution >= 4 is 28.5 Å². The molecule has 0 bridgehead atoms. The first-order valence-corrected chi connectivity index (χ1v) is 9.39. The van der Waals surface area contributed by atoms with E-state index in [0.29, 0.717) is 18.3 Å². The fourth-order valence-electron chi connectivity index (χ4n) is 3.31. The average molecular weight is 397 g/mol. The van der Waals surface area contributed by atoms with E-state index >= 15 is 0 Å². The third-order valence-corrected chi connectivity index (χ3v) is 4.71. The molecule has 4 aromatic heterocycles. The first-order valence-electron chi connectivity index (χ1n) is 9.39. The van der Waals surface area contributed by atoms with E-state index in [-0.39, 0.29) is 0 Å². The van der Waals surface area contributed by atoms with Crippen LogP contribution < -0.4 is 11.1 Å². The fourth-order valence-corrected chi connectivity index (χ4v) is 3.31. The number of nitrogen functional groups attached to an aromatic ring is 1. The van der Waals surface area contributed by atoms with Crippen LogP contribution in [0.1, 0.15) is 5.56 Å². The molecule has 0 spiro atoms. The lowest BCUT2D eigenvalue weighted by Gasteiger charge is -2.08. The van der Waals surface area contributed by atoms with Crippen LogP contribution in [0.5, 0.6) is 0 Å². The van der Waals surface area contributed by atoms with Crippen molar-refractivity contribution in [1.29, 1.82) is 0 Å². The minimum absolute atomic E-state index is 0.498. The number of rotatable bonds is 5. The molecule has 5 aromatic rings. The maximum atomic E-state index is 5.83. The molecule has 0 unspecified atom stereocenters. The summed E-state index contributed by atoms with van der Waals surface area (Å²) in [4.78, 5) is 13.1. The summed E-state index contributed by atoms with van der Waals surface area (Å²) in [5.41, 5.74) is 10.6. The van der Waals surface area contributed by atoms with E-state index in [2.05, 4.69) is 48.7 Å². The van der Waals surface area contributed by atoms with Crippen molar-refractivity contribution in [3.8, 4) is 11.1 Å². The van der Waals surface area contributed by atoms with E-state index in [1.54, 1.807) is 29.5 Å². The fraction of sp³-hybridized carbons (Fsp3) is 0.0952. The quantitative estimate of drug-likeness (QED) is 0.469. The zero-order valence-corrected chi connectivity index (χ0v) is 16.3. The van der Waals surface area contributed by atoms with Gasteiger partial charge >= 0.3 is 0 Å². The number of pyridine rings is 1. The van der Waals surface area contributed by atoms with Gasteiger partial charge in [-0.2, -0.15) is 15.2 Å². The Morgan fingerprint density at radius 3 is 2.73 bits per heavy atom. The summed E-state index contributed by atoms with van der Waals surface area (Å²) in [6.07, 6.45) is 8.84. The first kappa shape index (κ1) is 17.8. The van der Waals surface area contributed by atoms with Gasteiger partial charge in [-0.05, 0) is 34.9 Å². The van der Waals surface area contributed by atoms with Crippen LogP contribution in [0, 0.1) is 0 Å². The van der Waals surface area contributed by atoms with Crippen molar-refractivity contribution in [2.45, 2.75) is 6.54 Å². The van der Waals surface area contributed by atoms with Gasteiger partial charge < -0.3 is 11.1 Å². The summed E-state index contributed by atoms with van der Waals surface area (Å²) >= 11 is 0. The molecule has 9 nitrogen and oxygen atoms in total. The standard InChI is InChI=1S/C21H19N9/c1-29-13-18(11-25-29)27-21-24-9-17-10-26-30(20(17)28-21)12-14-3-2-4-15(7-14)16-5-6-23-19(22)8-16/h2-11,13H,12H2,1H3,(H2,22,23)(H,24,27,28). The maximum Gasteiger partial charge on any atom is 0.229 e. The number of hydrogen-bond acceptors (Lipinski definition) is 7. The lowest BCUT2D eigenvalue weighted by atomic mass is 10.0. The van der Waals surface area contributed by atoms with Crippen LogP contribution in [0.15, 0.2) is 67.4 Å². The van der Waals surface area contributed by atoms with Gasteiger partial charge in [-0.25, -0.2) is 14.6 Å². The molecule has 5 rings (SSSR count). The molecular formula is C21H19N9. The zero-order valence-electron chi connectivity index (χ0n) is 16.3. The summed E-state index contributed by atoms with van der Waals surface area (Å²) in [6, 6.07) is 12.1. The summed E-state index contributed by atoms with van der Waals surface area (Å²) in [6.45, 7) is 0.585. The van der Waals surface area contributed by atoms with E-state index in [1.807, 2.05) is 36.1 Å². The van der Waals surface area contributed by atoms with Gasteiger partial charge in [0.2, 0.25) is 5.95 Å². The lowest BCUT2D eigenvalue weighted by molar-refractivity contribution is 0.704. The molecule has 0 fully saturated rings. The Labute approximate surface area is 172 Å². The van der Waals surface area contributed by atoms with Gasteiger partial charge in [0.25, 0.3) is 0 Å². The highest BCUT2D eigenvalue weighted by molar-refractivity contribution is 5.75. The summed E-state index contributed by atoms with van der Waals surface area (Å²) < 4.78 is 3.58. The number of fused-ring (bicyclic) bond motifs is 1. The minimum Gasteiger partial charge on any atom is -0.384 e. The number of aryl methyl sites for hydroxylation is 1. The van der Waals surface area contributed by atoms with Crippen LogP contribution in [0.2, 0.25) is 0 Å². The van der Waals surface area contributed by atoms with Gasteiger partial charge in [0, 0.05) is 25.6 Å². The van der Waals surface area contributed by atoms with Gasteiger partial charge in [-0.1, -0.05) is 18.2 Å². The third-order valence-electron chi connectivity index (χ3n) is 4.71. The normalized spacial score (nSPS) is 11.1. The molecule has 3 N–H and O–H groups in total. The van der Waals surface area contributed by atoms with Crippen molar-refractivity contribution < 1.29 is 0 Å². The molecule has 1 aromatic carbocycles. The topological polar surface area (TPSA) is 112 Å². The second kappa shape index (κ2) is 7.28. The number of anilines is 3. The highest BCUT2D eigenvalue weighted by Gasteiger charge is 2.09. The van der Waals surface area contributed by atoms with Crippen molar-refractivity contribution in [2.75, 3.05) is 11.1 Å². The highest BCUT2D eigenvalue weighted by atomic mass is 15.3. The predicted octanol–water partition coefficient (Wildman–Crippen LogP) is 3.00. The number of hydrogen-bond donors (Lipinski definition) is 2. The van der Waals surface area contributed by atoms with Crippen LogP contribution in [-0.2, 0) is 13.6 Å². The van der Waals surface area contributed by atoms with Crippen molar-refractivity contribution in [3.05, 3.63) is 72.9 Å². The Bertz CT molecular complexity index is 1340. The molecule has 0 aliphatic heterocycles. The Morgan fingerprint density at radius 2 is 1.90 bits per heavy atom. The molecule has 0 radical (unpaired) electrons. The molecule has 0 amide bonds. The molecule has 30 heavy (non-hydrogen) atoms. The van der Waals surface area contributed by atoms with E-state index in [1.165, 1.54) is 0 Å². The molecule has 4 heterocycles. The van der Waals surface area contributed by atoms with Crippen LogP contribution in [-0.4, -0.2) is 34.5 Å². The number of aromatic nitrogens is 7. The van der Waals surface area contributed by atoms with Crippen LogP contribution >= 0.6 is 0 Å². The maximum absolute atomic E-state index is 5.83. The van der Waals surface area contributed by atoms with Crippen LogP contribution in [0.4, 0.5) is 17.5 Å². The lowest BCUT2D eigenvalue weighted by Crippen LogP contribution is -2.04. The molecule has 0 saturated heterocycles. The molecule has 0 aliphatic rings. The molecular weight excluding hydrogens is 378 g/mol. The van der Waals surface area contributed by atoms with E-state index in [0.717, 1.165) is 33.4 Å². The average Bonchev–Trinajstić information content (AvgIpc) is 3.34. The van der Waals surface area contributed by atoms with Gasteiger partial charge in [0.05, 0.1) is 30.0 Å². The predicted molar refractivity (Wildman–Crippen MR) is 115 cm³/mol. The number of nitrogens with two attached hydrogens (primary N) is 1. The van der Waals surface area contributed by atoms with E-state index in [4.69, 9.17) is 5.73 Å². The van der Waals surface area contributed by atoms with Gasteiger partial charge in [-0.3, -0.25) is 4.68 Å². The first-order chi connectivity index (χ1) is 14.6. The van der Waals surface area contributed by atoms with E-state index < -0.39 is 0 Å². The Kier molecular flexibility index (Phi) is 4.32.